The lowest BCUT2D eigenvalue weighted by Crippen LogP contribution is -2.52. The van der Waals surface area contributed by atoms with Gasteiger partial charge in [0.2, 0.25) is 17.7 Å². The summed E-state index contributed by atoms with van der Waals surface area (Å²) >= 11 is 0. The Morgan fingerprint density at radius 2 is 1.66 bits per heavy atom. The summed E-state index contributed by atoms with van der Waals surface area (Å²) in [7, 11) is 0. The lowest BCUT2D eigenvalue weighted by Gasteiger charge is -2.34. The molecule has 9 heteroatoms. The topological polar surface area (TPSA) is 95.1 Å². The zero-order valence-electron chi connectivity index (χ0n) is 27.5. The Balaban J connectivity index is 0.870. The number of fused-ring (bicyclic) bond motifs is 1. The average molecular weight is 636 g/mol. The number of carbonyl (C=O) groups is 3. The Morgan fingerprint density at radius 3 is 2.34 bits per heavy atom. The normalized spacial score (nSPS) is 21.3. The van der Waals surface area contributed by atoms with Crippen molar-refractivity contribution in [3.8, 4) is 5.88 Å². The van der Waals surface area contributed by atoms with E-state index in [4.69, 9.17) is 4.74 Å². The van der Waals surface area contributed by atoms with Crippen LogP contribution in [0.1, 0.15) is 96.8 Å². The second-order valence-corrected chi connectivity index (χ2v) is 13.9. The zero-order valence-corrected chi connectivity index (χ0v) is 27.5. The number of amides is 3. The number of ether oxygens (including phenoxy) is 1. The van der Waals surface area contributed by atoms with E-state index in [-0.39, 0.29) is 30.2 Å². The van der Waals surface area contributed by atoms with Gasteiger partial charge in [-0.05, 0) is 84.6 Å². The monoisotopic (exact) mass is 635 g/mol. The van der Waals surface area contributed by atoms with Crippen molar-refractivity contribution < 1.29 is 19.1 Å². The van der Waals surface area contributed by atoms with Gasteiger partial charge in [-0.2, -0.15) is 0 Å². The van der Waals surface area contributed by atoms with Gasteiger partial charge in [-0.25, -0.2) is 4.98 Å². The lowest BCUT2D eigenvalue weighted by molar-refractivity contribution is -0.136. The van der Waals surface area contributed by atoms with Crippen molar-refractivity contribution in [1.82, 2.24) is 20.1 Å². The number of hydrogen-bond donors (Lipinski definition) is 1. The molecule has 1 N–H and O–H groups in total. The summed E-state index contributed by atoms with van der Waals surface area (Å²) in [5.74, 6) is 0.918. The Kier molecular flexibility index (Phi) is 8.99. The second kappa shape index (κ2) is 13.5. The van der Waals surface area contributed by atoms with E-state index in [1.807, 2.05) is 18.3 Å². The third kappa shape index (κ3) is 6.91. The van der Waals surface area contributed by atoms with E-state index >= 15 is 0 Å². The minimum absolute atomic E-state index is 0.110. The fourth-order valence-corrected chi connectivity index (χ4v) is 7.55. The lowest BCUT2D eigenvalue weighted by atomic mass is 9.87. The van der Waals surface area contributed by atoms with Gasteiger partial charge >= 0.3 is 0 Å². The van der Waals surface area contributed by atoms with Crippen molar-refractivity contribution in [3.05, 3.63) is 88.6 Å². The molecule has 2 aromatic carbocycles. The predicted octanol–water partition coefficient (Wildman–Crippen LogP) is 5.39. The minimum Gasteiger partial charge on any atom is -0.474 e. The number of nitrogens with zero attached hydrogens (tertiary/aromatic N) is 4. The molecule has 0 bridgehead atoms. The molecule has 5 heterocycles. The van der Waals surface area contributed by atoms with Crippen LogP contribution in [-0.4, -0.2) is 70.8 Å². The van der Waals surface area contributed by atoms with Crippen LogP contribution in [0.4, 0.5) is 5.69 Å². The first-order valence-corrected chi connectivity index (χ1v) is 17.3. The largest absolute Gasteiger partial charge is 0.474 e. The molecule has 0 saturated carbocycles. The number of hydrogen-bond acceptors (Lipinski definition) is 7. The number of likely N-dealkylation sites (tertiary alicyclic amines) is 1. The van der Waals surface area contributed by atoms with Gasteiger partial charge in [0.1, 0.15) is 12.1 Å². The van der Waals surface area contributed by atoms with Crippen LogP contribution in [0.5, 0.6) is 5.88 Å². The van der Waals surface area contributed by atoms with E-state index in [1.165, 1.54) is 22.4 Å². The first-order valence-electron chi connectivity index (χ1n) is 17.3. The molecule has 1 atom stereocenters. The smallest absolute Gasteiger partial charge is 0.255 e. The predicted molar refractivity (Wildman–Crippen MR) is 180 cm³/mol. The molecule has 4 aliphatic rings. The Labute approximate surface area is 277 Å². The number of aromatic nitrogens is 1. The van der Waals surface area contributed by atoms with Crippen molar-refractivity contribution >= 4 is 23.4 Å². The Bertz CT molecular complexity index is 1610. The van der Waals surface area contributed by atoms with Crippen LogP contribution >= 0.6 is 0 Å². The third-order valence-electron chi connectivity index (χ3n) is 10.5. The van der Waals surface area contributed by atoms with Crippen LogP contribution in [0, 0.1) is 0 Å². The van der Waals surface area contributed by atoms with Crippen LogP contribution in [0.3, 0.4) is 0 Å². The van der Waals surface area contributed by atoms with E-state index in [1.54, 1.807) is 4.90 Å². The number of nitrogens with one attached hydrogen (secondary N) is 1. The molecule has 9 nitrogen and oxygen atoms in total. The van der Waals surface area contributed by atoms with Gasteiger partial charge in [-0.1, -0.05) is 44.2 Å². The van der Waals surface area contributed by atoms with Gasteiger partial charge < -0.3 is 14.5 Å². The minimum atomic E-state index is -0.573. The maximum atomic E-state index is 13.1. The summed E-state index contributed by atoms with van der Waals surface area (Å²) in [6, 6.07) is 18.8. The average Bonchev–Trinajstić information content (AvgIpc) is 3.41. The molecule has 0 aliphatic carbocycles. The number of benzene rings is 2. The highest BCUT2D eigenvalue weighted by Crippen LogP contribution is 2.34. The molecule has 3 aromatic rings. The first kappa shape index (κ1) is 31.4. The fraction of sp³-hybridized carbons (Fsp3) is 0.474. The van der Waals surface area contributed by atoms with Gasteiger partial charge in [0.05, 0.1) is 0 Å². The van der Waals surface area contributed by atoms with Crippen molar-refractivity contribution in [3.63, 3.8) is 0 Å². The van der Waals surface area contributed by atoms with Gasteiger partial charge in [0.25, 0.3) is 5.91 Å². The quantitative estimate of drug-likeness (QED) is 0.332. The molecule has 4 aliphatic heterocycles. The Hall–Kier alpha value is -4.24. The van der Waals surface area contributed by atoms with Crippen LogP contribution in [0.15, 0.2) is 60.8 Å². The third-order valence-corrected chi connectivity index (χ3v) is 10.5. The van der Waals surface area contributed by atoms with E-state index in [0.29, 0.717) is 30.4 Å². The molecule has 3 amide bonds. The molecule has 0 spiro atoms. The maximum absolute atomic E-state index is 13.1. The Morgan fingerprint density at radius 1 is 0.894 bits per heavy atom. The van der Waals surface area contributed by atoms with Crippen molar-refractivity contribution in [1.29, 1.82) is 0 Å². The van der Waals surface area contributed by atoms with Crippen LogP contribution < -0.4 is 15.0 Å². The van der Waals surface area contributed by atoms with Gasteiger partial charge in [-0.3, -0.25) is 24.6 Å². The standard InChI is InChI=1S/C38H45N5O4/c1-25(2)29-6-12-36(39-22-29)47-32-15-19-42(20-16-32)31-7-3-26(4-8-31)23-41-17-13-27(14-18-41)28-5-9-33-30(21-28)24-43(38(33)46)34-10-11-35(44)40-37(34)45/h3-9,12,21-22,25,27,32,34H,10-11,13-20,23-24H2,1-2H3,(H,40,44,45). The van der Waals surface area contributed by atoms with Crippen molar-refractivity contribution in [2.75, 3.05) is 31.1 Å². The van der Waals surface area contributed by atoms with Gasteiger partial charge in [0, 0.05) is 69.0 Å². The number of imide groups is 1. The van der Waals surface area contributed by atoms with Crippen molar-refractivity contribution in [2.24, 2.45) is 0 Å². The highest BCUT2D eigenvalue weighted by Gasteiger charge is 2.39. The van der Waals surface area contributed by atoms with Crippen LogP contribution in [0.25, 0.3) is 0 Å². The molecule has 0 radical (unpaired) electrons. The molecule has 1 unspecified atom stereocenters. The molecule has 246 valence electrons. The second-order valence-electron chi connectivity index (χ2n) is 13.9. The van der Waals surface area contributed by atoms with E-state index in [9.17, 15) is 14.4 Å². The number of carbonyl (C=O) groups excluding carboxylic acids is 3. The van der Waals surface area contributed by atoms with E-state index < -0.39 is 6.04 Å². The summed E-state index contributed by atoms with van der Waals surface area (Å²) in [6.45, 7) is 9.76. The van der Waals surface area contributed by atoms with E-state index in [0.717, 1.165) is 69.9 Å². The highest BCUT2D eigenvalue weighted by atomic mass is 16.5. The van der Waals surface area contributed by atoms with Crippen LogP contribution in [-0.2, 0) is 22.7 Å². The summed E-state index contributed by atoms with van der Waals surface area (Å²) in [6.07, 6.45) is 6.93. The number of anilines is 1. The molecule has 47 heavy (non-hydrogen) atoms. The summed E-state index contributed by atoms with van der Waals surface area (Å²) in [5, 5.41) is 2.38. The molecule has 1 aromatic heterocycles. The zero-order chi connectivity index (χ0) is 32.5. The SMILES string of the molecule is CC(C)c1ccc(OC2CCN(c3ccc(CN4CCC(c5ccc6c(c5)CN(C5CCC(=O)NC5=O)C6=O)CC4)cc3)CC2)nc1. The molecular weight excluding hydrogens is 590 g/mol. The number of pyridine rings is 1. The summed E-state index contributed by atoms with van der Waals surface area (Å²) < 4.78 is 6.19. The molecule has 3 saturated heterocycles. The molecule has 3 fully saturated rings. The van der Waals surface area contributed by atoms with E-state index in [2.05, 4.69) is 76.4 Å². The molecular formula is C38H45N5O4. The maximum Gasteiger partial charge on any atom is 0.255 e. The van der Waals surface area contributed by atoms with Gasteiger partial charge in [0.15, 0.2) is 0 Å². The van der Waals surface area contributed by atoms with Gasteiger partial charge in [-0.15, -0.1) is 0 Å². The summed E-state index contributed by atoms with van der Waals surface area (Å²) in [4.78, 5) is 48.2. The molecule has 7 rings (SSSR count). The van der Waals surface area contributed by atoms with Crippen LogP contribution in [0.2, 0.25) is 0 Å². The number of rotatable bonds is 8. The van der Waals surface area contributed by atoms with Crippen molar-refractivity contribution in [2.45, 2.75) is 89.4 Å². The summed E-state index contributed by atoms with van der Waals surface area (Å²) in [5.41, 5.74) is 6.80. The fourth-order valence-electron chi connectivity index (χ4n) is 7.55. The number of piperidine rings is 3. The first-order chi connectivity index (χ1) is 22.8. The highest BCUT2D eigenvalue weighted by molar-refractivity contribution is 6.05.